The van der Waals surface area contributed by atoms with Crippen LogP contribution in [0.3, 0.4) is 0 Å². The molecule has 1 atom stereocenters. The first-order chi connectivity index (χ1) is 9.08. The van der Waals surface area contributed by atoms with Crippen molar-refractivity contribution in [2.24, 2.45) is 12.9 Å². The molecule has 2 aromatic heterocycles. The Bertz CT molecular complexity index is 561. The van der Waals surface area contributed by atoms with Crippen molar-refractivity contribution < 1.29 is 4.42 Å². The van der Waals surface area contributed by atoms with Crippen LogP contribution in [0.5, 0.6) is 0 Å². The molecule has 0 amide bonds. The third-order valence-corrected chi connectivity index (χ3v) is 4.24. The molecule has 2 heterocycles. The second kappa shape index (κ2) is 5.90. The van der Waals surface area contributed by atoms with E-state index in [0.717, 1.165) is 40.0 Å². The maximum Gasteiger partial charge on any atom is 0.125 e. The lowest BCUT2D eigenvalue weighted by Crippen LogP contribution is -2.30. The molecule has 0 spiro atoms. The van der Waals surface area contributed by atoms with Gasteiger partial charge in [-0.3, -0.25) is 10.5 Å². The molecule has 19 heavy (non-hydrogen) atoms. The second-order valence-electron chi connectivity index (χ2n) is 4.58. The number of hydrazine groups is 1. The van der Waals surface area contributed by atoms with Gasteiger partial charge in [-0.05, 0) is 40.9 Å². The van der Waals surface area contributed by atoms with E-state index in [4.69, 9.17) is 10.3 Å². The largest absolute Gasteiger partial charge is 0.467 e. The van der Waals surface area contributed by atoms with Crippen LogP contribution in [0.25, 0.3) is 0 Å². The summed E-state index contributed by atoms with van der Waals surface area (Å²) in [5, 5.41) is 4.49. The van der Waals surface area contributed by atoms with E-state index in [1.807, 2.05) is 24.7 Å². The van der Waals surface area contributed by atoms with E-state index in [2.05, 4.69) is 33.4 Å². The summed E-state index contributed by atoms with van der Waals surface area (Å²) in [4.78, 5) is 0. The monoisotopic (exact) mass is 326 g/mol. The van der Waals surface area contributed by atoms with E-state index in [0.29, 0.717) is 0 Å². The highest BCUT2D eigenvalue weighted by atomic mass is 79.9. The third kappa shape index (κ3) is 2.75. The fraction of sp³-hybridized carbons (Fsp3) is 0.462. The molecule has 0 saturated heterocycles. The summed E-state index contributed by atoms with van der Waals surface area (Å²) in [6.45, 7) is 4.10. The van der Waals surface area contributed by atoms with Gasteiger partial charge < -0.3 is 4.42 Å². The van der Waals surface area contributed by atoms with Crippen LogP contribution < -0.4 is 11.3 Å². The fourth-order valence-electron chi connectivity index (χ4n) is 2.20. The first-order valence-electron chi connectivity index (χ1n) is 6.28. The number of hydrogen-bond acceptors (Lipinski definition) is 4. The van der Waals surface area contributed by atoms with E-state index >= 15 is 0 Å². The molecular weight excluding hydrogens is 308 g/mol. The standard InChI is InChI=1S/C13H19BrN4O/c1-4-9-12(14)11(18(3)17-9)7-10(16-15)13-8(2)5-6-19-13/h5-6,10,16H,4,7,15H2,1-3H3. The summed E-state index contributed by atoms with van der Waals surface area (Å²) >= 11 is 3.62. The van der Waals surface area contributed by atoms with E-state index in [1.54, 1.807) is 6.26 Å². The molecule has 0 aliphatic heterocycles. The Balaban J connectivity index is 2.29. The predicted molar refractivity (Wildman–Crippen MR) is 77.5 cm³/mol. The summed E-state index contributed by atoms with van der Waals surface area (Å²) in [6, 6.07) is 1.88. The summed E-state index contributed by atoms with van der Waals surface area (Å²) in [5.74, 6) is 6.53. The topological polar surface area (TPSA) is 69.0 Å². The third-order valence-electron chi connectivity index (χ3n) is 3.32. The minimum Gasteiger partial charge on any atom is -0.467 e. The van der Waals surface area contributed by atoms with Gasteiger partial charge in [-0.2, -0.15) is 5.10 Å². The molecule has 0 bridgehead atoms. The van der Waals surface area contributed by atoms with Crippen LogP contribution in [-0.4, -0.2) is 9.78 Å². The zero-order valence-electron chi connectivity index (χ0n) is 11.4. The number of nitrogens with two attached hydrogens (primary N) is 1. The Morgan fingerprint density at radius 3 is 2.79 bits per heavy atom. The van der Waals surface area contributed by atoms with Crippen LogP contribution in [0, 0.1) is 6.92 Å². The fourth-order valence-corrected chi connectivity index (χ4v) is 2.98. The van der Waals surface area contributed by atoms with E-state index < -0.39 is 0 Å². The Morgan fingerprint density at radius 2 is 2.32 bits per heavy atom. The molecule has 0 fully saturated rings. The van der Waals surface area contributed by atoms with Gasteiger partial charge in [-0.25, -0.2) is 5.43 Å². The van der Waals surface area contributed by atoms with Crippen molar-refractivity contribution >= 4 is 15.9 Å². The van der Waals surface area contributed by atoms with E-state index in [1.165, 1.54) is 0 Å². The van der Waals surface area contributed by atoms with Crippen LogP contribution in [0.1, 0.15) is 35.7 Å². The highest BCUT2D eigenvalue weighted by Crippen LogP contribution is 2.28. The lowest BCUT2D eigenvalue weighted by Gasteiger charge is -2.15. The Morgan fingerprint density at radius 1 is 1.58 bits per heavy atom. The average Bonchev–Trinajstić information content (AvgIpc) is 2.93. The Kier molecular flexibility index (Phi) is 4.44. The Hall–Kier alpha value is -1.11. The molecule has 3 N–H and O–H groups in total. The molecule has 0 aliphatic rings. The quantitative estimate of drug-likeness (QED) is 0.654. The lowest BCUT2D eigenvalue weighted by atomic mass is 10.1. The summed E-state index contributed by atoms with van der Waals surface area (Å²) in [5.41, 5.74) is 6.08. The van der Waals surface area contributed by atoms with Gasteiger partial charge in [0.2, 0.25) is 0 Å². The van der Waals surface area contributed by atoms with Crippen LogP contribution in [0.2, 0.25) is 0 Å². The normalized spacial score (nSPS) is 12.9. The minimum absolute atomic E-state index is 0.0635. The molecule has 0 saturated carbocycles. The average molecular weight is 327 g/mol. The number of nitrogens with one attached hydrogen (secondary N) is 1. The van der Waals surface area contributed by atoms with Crippen molar-refractivity contribution in [1.29, 1.82) is 0 Å². The molecule has 0 radical (unpaired) electrons. The Labute approximate surface area is 121 Å². The first kappa shape index (κ1) is 14.3. The number of halogens is 1. The molecule has 0 aliphatic carbocycles. The summed E-state index contributed by atoms with van der Waals surface area (Å²) in [6.07, 6.45) is 3.30. The van der Waals surface area contributed by atoms with Gasteiger partial charge in [-0.1, -0.05) is 6.92 Å². The maximum atomic E-state index is 5.67. The molecule has 0 aromatic carbocycles. The van der Waals surface area contributed by atoms with Gasteiger partial charge in [0.25, 0.3) is 0 Å². The van der Waals surface area contributed by atoms with Crippen molar-refractivity contribution in [3.05, 3.63) is 39.5 Å². The highest BCUT2D eigenvalue weighted by Gasteiger charge is 2.21. The van der Waals surface area contributed by atoms with Gasteiger partial charge >= 0.3 is 0 Å². The minimum atomic E-state index is -0.0635. The number of aryl methyl sites for hydroxylation is 3. The molecular formula is C13H19BrN4O. The zero-order chi connectivity index (χ0) is 14.0. The number of hydrogen-bond donors (Lipinski definition) is 2. The first-order valence-corrected chi connectivity index (χ1v) is 7.08. The molecule has 2 rings (SSSR count). The SMILES string of the molecule is CCc1nn(C)c(CC(NN)c2occc2C)c1Br. The molecule has 5 nitrogen and oxygen atoms in total. The van der Waals surface area contributed by atoms with Gasteiger partial charge in [0.1, 0.15) is 5.76 Å². The predicted octanol–water partition coefficient (Wildman–Crippen LogP) is 2.39. The van der Waals surface area contributed by atoms with Crippen molar-refractivity contribution in [3.8, 4) is 0 Å². The lowest BCUT2D eigenvalue weighted by molar-refractivity contribution is 0.407. The number of rotatable bonds is 5. The van der Waals surface area contributed by atoms with Crippen LogP contribution >= 0.6 is 15.9 Å². The summed E-state index contributed by atoms with van der Waals surface area (Å²) < 4.78 is 8.47. The van der Waals surface area contributed by atoms with E-state index in [9.17, 15) is 0 Å². The maximum absolute atomic E-state index is 5.67. The van der Waals surface area contributed by atoms with Crippen LogP contribution in [-0.2, 0) is 19.9 Å². The van der Waals surface area contributed by atoms with Gasteiger partial charge in [0.05, 0.1) is 28.2 Å². The molecule has 1 unspecified atom stereocenters. The van der Waals surface area contributed by atoms with E-state index in [-0.39, 0.29) is 6.04 Å². The van der Waals surface area contributed by atoms with Crippen LogP contribution in [0.4, 0.5) is 0 Å². The number of nitrogens with zero attached hydrogens (tertiary/aromatic N) is 2. The van der Waals surface area contributed by atoms with Gasteiger partial charge in [0.15, 0.2) is 0 Å². The molecule has 104 valence electrons. The van der Waals surface area contributed by atoms with Crippen molar-refractivity contribution in [3.63, 3.8) is 0 Å². The second-order valence-corrected chi connectivity index (χ2v) is 5.37. The smallest absolute Gasteiger partial charge is 0.125 e. The highest BCUT2D eigenvalue weighted by molar-refractivity contribution is 9.10. The van der Waals surface area contributed by atoms with Crippen molar-refractivity contribution in [2.75, 3.05) is 0 Å². The van der Waals surface area contributed by atoms with Gasteiger partial charge in [-0.15, -0.1) is 0 Å². The molecule has 6 heteroatoms. The number of furan rings is 1. The van der Waals surface area contributed by atoms with Gasteiger partial charge in [0, 0.05) is 13.5 Å². The van der Waals surface area contributed by atoms with Crippen molar-refractivity contribution in [2.45, 2.75) is 32.7 Å². The summed E-state index contributed by atoms with van der Waals surface area (Å²) in [7, 11) is 1.95. The molecule has 2 aromatic rings. The van der Waals surface area contributed by atoms with Crippen LogP contribution in [0.15, 0.2) is 21.2 Å². The van der Waals surface area contributed by atoms with Crippen molar-refractivity contribution in [1.82, 2.24) is 15.2 Å². The number of aromatic nitrogens is 2. The zero-order valence-corrected chi connectivity index (χ0v) is 13.0.